The fourth-order valence-electron chi connectivity index (χ4n) is 2.83. The summed E-state index contributed by atoms with van der Waals surface area (Å²) in [6, 6.07) is 3.74. The number of fused-ring (bicyclic) bond motifs is 1. The highest BCUT2D eigenvalue weighted by Crippen LogP contribution is 2.38. The van der Waals surface area contributed by atoms with Crippen LogP contribution in [-0.2, 0) is 11.3 Å². The van der Waals surface area contributed by atoms with Crippen LogP contribution in [0.25, 0.3) is 0 Å². The number of halogens is 1. The summed E-state index contributed by atoms with van der Waals surface area (Å²) in [7, 11) is 0. The number of carbonyl (C=O) groups excluding carboxylic acids is 1. The van der Waals surface area contributed by atoms with Crippen LogP contribution in [0, 0.1) is 0 Å². The van der Waals surface area contributed by atoms with E-state index in [4.69, 9.17) is 21.1 Å². The molecule has 1 aromatic rings. The fourth-order valence-corrected chi connectivity index (χ4v) is 3.11. The van der Waals surface area contributed by atoms with Gasteiger partial charge >= 0.3 is 0 Å². The number of amides is 1. The summed E-state index contributed by atoms with van der Waals surface area (Å²) >= 11 is 6.33. The minimum Gasteiger partial charge on any atom is -0.489 e. The van der Waals surface area contributed by atoms with Crippen molar-refractivity contribution >= 4 is 17.5 Å². The Kier molecular flexibility index (Phi) is 4.74. The van der Waals surface area contributed by atoms with E-state index in [0.717, 1.165) is 31.5 Å². The molecule has 0 saturated carbocycles. The molecule has 2 aliphatic rings. The lowest BCUT2D eigenvalue weighted by Crippen LogP contribution is -2.41. The van der Waals surface area contributed by atoms with Gasteiger partial charge in [0.05, 0.1) is 24.3 Å². The summed E-state index contributed by atoms with van der Waals surface area (Å²) in [4.78, 5) is 14.1. The zero-order valence-electron chi connectivity index (χ0n) is 12.7. The predicted molar refractivity (Wildman–Crippen MR) is 84.6 cm³/mol. The van der Waals surface area contributed by atoms with Crippen molar-refractivity contribution in [1.29, 1.82) is 0 Å². The topological polar surface area (TPSA) is 50.8 Å². The van der Waals surface area contributed by atoms with Crippen LogP contribution in [-0.4, -0.2) is 43.2 Å². The molecule has 0 radical (unpaired) electrons. The quantitative estimate of drug-likeness (QED) is 0.906. The van der Waals surface area contributed by atoms with E-state index < -0.39 is 0 Å². The maximum atomic E-state index is 11.9. The van der Waals surface area contributed by atoms with Gasteiger partial charge in [0.1, 0.15) is 0 Å². The first-order valence-corrected chi connectivity index (χ1v) is 8.13. The molecule has 2 heterocycles. The molecule has 1 N–H and O–H groups in total. The van der Waals surface area contributed by atoms with E-state index >= 15 is 0 Å². The molecule has 0 unspecified atom stereocenters. The van der Waals surface area contributed by atoms with Crippen molar-refractivity contribution in [2.75, 3.05) is 26.3 Å². The van der Waals surface area contributed by atoms with E-state index in [1.807, 2.05) is 19.1 Å². The summed E-state index contributed by atoms with van der Waals surface area (Å²) in [5.74, 6) is 1.41. The fraction of sp³-hybridized carbons (Fsp3) is 0.562. The number of hydrogen-bond donors (Lipinski definition) is 1. The molecular weight excluding hydrogens is 304 g/mol. The lowest BCUT2D eigenvalue weighted by atomic mass is 10.1. The summed E-state index contributed by atoms with van der Waals surface area (Å²) in [5.41, 5.74) is 1.04. The molecule has 22 heavy (non-hydrogen) atoms. The van der Waals surface area contributed by atoms with Crippen molar-refractivity contribution < 1.29 is 14.3 Å². The lowest BCUT2D eigenvalue weighted by molar-refractivity contribution is -0.125. The van der Waals surface area contributed by atoms with Crippen LogP contribution < -0.4 is 14.8 Å². The number of nitrogens with one attached hydrogen (secondary N) is 1. The molecule has 1 aromatic carbocycles. The van der Waals surface area contributed by atoms with E-state index in [0.29, 0.717) is 36.3 Å². The molecule has 5 nitrogen and oxygen atoms in total. The first-order valence-electron chi connectivity index (χ1n) is 7.75. The van der Waals surface area contributed by atoms with Gasteiger partial charge in [-0.25, -0.2) is 0 Å². The third kappa shape index (κ3) is 3.31. The molecule has 2 aliphatic heterocycles. The number of carbonyl (C=O) groups is 1. The summed E-state index contributed by atoms with van der Waals surface area (Å²) in [6.45, 7) is 5.48. The second kappa shape index (κ2) is 6.75. The highest BCUT2D eigenvalue weighted by molar-refractivity contribution is 6.32. The van der Waals surface area contributed by atoms with Gasteiger partial charge in [0.15, 0.2) is 11.5 Å². The van der Waals surface area contributed by atoms with Gasteiger partial charge in [-0.15, -0.1) is 0 Å². The molecule has 120 valence electrons. The number of nitrogens with zero attached hydrogens (tertiary/aromatic N) is 1. The molecule has 0 aromatic heterocycles. The Hall–Kier alpha value is -1.46. The van der Waals surface area contributed by atoms with Crippen molar-refractivity contribution in [2.24, 2.45) is 0 Å². The van der Waals surface area contributed by atoms with Crippen molar-refractivity contribution in [3.8, 4) is 11.5 Å². The minimum atomic E-state index is -0.141. The van der Waals surface area contributed by atoms with E-state index in [9.17, 15) is 4.79 Å². The summed E-state index contributed by atoms with van der Waals surface area (Å²) in [6.07, 6.45) is 1.80. The van der Waals surface area contributed by atoms with Crippen LogP contribution in [0.1, 0.15) is 25.3 Å². The van der Waals surface area contributed by atoms with Crippen molar-refractivity contribution in [3.63, 3.8) is 0 Å². The van der Waals surface area contributed by atoms with Crippen LogP contribution in [0.4, 0.5) is 0 Å². The normalized spacial score (nSPS) is 22.6. The van der Waals surface area contributed by atoms with Gasteiger partial charge in [0.2, 0.25) is 5.91 Å². The summed E-state index contributed by atoms with van der Waals surface area (Å²) in [5, 5.41) is 3.50. The predicted octanol–water partition coefficient (Wildman–Crippen LogP) is 2.21. The molecule has 1 fully saturated rings. The van der Waals surface area contributed by atoms with Gasteiger partial charge in [-0.3, -0.25) is 9.69 Å². The van der Waals surface area contributed by atoms with Gasteiger partial charge in [-0.05, 0) is 31.0 Å². The van der Waals surface area contributed by atoms with Crippen molar-refractivity contribution in [3.05, 3.63) is 22.7 Å². The molecule has 1 saturated heterocycles. The lowest BCUT2D eigenvalue weighted by Gasteiger charge is -2.25. The van der Waals surface area contributed by atoms with Crippen molar-refractivity contribution in [2.45, 2.75) is 32.4 Å². The molecule has 0 aliphatic carbocycles. The molecule has 1 amide bonds. The number of benzene rings is 1. The van der Waals surface area contributed by atoms with Crippen LogP contribution in [0.15, 0.2) is 12.1 Å². The second-order valence-corrected chi connectivity index (χ2v) is 6.15. The molecule has 0 spiro atoms. The molecule has 6 heteroatoms. The Labute approximate surface area is 135 Å². The van der Waals surface area contributed by atoms with E-state index in [-0.39, 0.29) is 11.9 Å². The molecular formula is C16H21ClN2O3. The van der Waals surface area contributed by atoms with Gasteiger partial charge in [0, 0.05) is 26.1 Å². The first-order chi connectivity index (χ1) is 10.6. The van der Waals surface area contributed by atoms with E-state index in [1.165, 1.54) is 0 Å². The molecule has 1 atom stereocenters. The zero-order valence-corrected chi connectivity index (χ0v) is 13.5. The molecule has 3 rings (SSSR count). The van der Waals surface area contributed by atoms with Crippen LogP contribution >= 0.6 is 11.6 Å². The average Bonchev–Trinajstić information content (AvgIpc) is 2.82. The third-order valence-corrected chi connectivity index (χ3v) is 4.38. The highest BCUT2D eigenvalue weighted by Gasteiger charge is 2.24. The smallest absolute Gasteiger partial charge is 0.237 e. The Morgan fingerprint density at radius 3 is 3.00 bits per heavy atom. The maximum absolute atomic E-state index is 11.9. The van der Waals surface area contributed by atoms with Gasteiger partial charge in [-0.1, -0.05) is 11.6 Å². The Morgan fingerprint density at radius 2 is 2.14 bits per heavy atom. The first kappa shape index (κ1) is 15.4. The van der Waals surface area contributed by atoms with Crippen LogP contribution in [0.3, 0.4) is 0 Å². The monoisotopic (exact) mass is 324 g/mol. The van der Waals surface area contributed by atoms with Crippen LogP contribution in [0.5, 0.6) is 11.5 Å². The minimum absolute atomic E-state index is 0.0814. The average molecular weight is 325 g/mol. The summed E-state index contributed by atoms with van der Waals surface area (Å²) < 4.78 is 11.4. The Morgan fingerprint density at radius 1 is 1.32 bits per heavy atom. The van der Waals surface area contributed by atoms with Gasteiger partial charge < -0.3 is 14.8 Å². The van der Waals surface area contributed by atoms with Crippen LogP contribution in [0.2, 0.25) is 5.02 Å². The van der Waals surface area contributed by atoms with Gasteiger partial charge in [-0.2, -0.15) is 0 Å². The highest BCUT2D eigenvalue weighted by atomic mass is 35.5. The third-order valence-electron chi connectivity index (χ3n) is 4.10. The van der Waals surface area contributed by atoms with E-state index in [2.05, 4.69) is 10.2 Å². The van der Waals surface area contributed by atoms with Gasteiger partial charge in [0.25, 0.3) is 0 Å². The standard InChI is InChI=1S/C16H21ClN2O3/c1-11-16(20)18-4-2-5-19(11)10-12-8-13(17)15-14(9-12)21-6-3-7-22-15/h8-9,11H,2-7,10H2,1H3,(H,18,20)/t11-/m0/s1. The van der Waals surface area contributed by atoms with E-state index in [1.54, 1.807) is 0 Å². The Balaban J connectivity index is 1.81. The number of rotatable bonds is 2. The number of ether oxygens (including phenoxy) is 2. The number of hydrogen-bond acceptors (Lipinski definition) is 4. The maximum Gasteiger partial charge on any atom is 0.237 e. The molecule has 0 bridgehead atoms. The largest absolute Gasteiger partial charge is 0.489 e. The zero-order chi connectivity index (χ0) is 15.5. The second-order valence-electron chi connectivity index (χ2n) is 5.75. The Bertz CT molecular complexity index is 565. The SMILES string of the molecule is C[C@H]1C(=O)NCCCN1Cc1cc(Cl)c2c(c1)OCCCO2. The van der Waals surface area contributed by atoms with Crippen molar-refractivity contribution in [1.82, 2.24) is 10.2 Å².